The number of aromatic nitrogens is 1. The molecule has 0 unspecified atom stereocenters. The van der Waals surface area contributed by atoms with Gasteiger partial charge >= 0.3 is 0 Å². The van der Waals surface area contributed by atoms with Crippen LogP contribution in [0.5, 0.6) is 0 Å². The lowest BCUT2D eigenvalue weighted by Gasteiger charge is -2.30. The maximum atomic E-state index is 12.5. The summed E-state index contributed by atoms with van der Waals surface area (Å²) in [5, 5.41) is 0. The third-order valence-corrected chi connectivity index (χ3v) is 5.13. The Hall–Kier alpha value is -3.28. The Balaban J connectivity index is 1.52. The van der Waals surface area contributed by atoms with Crippen LogP contribution in [0, 0.1) is 0 Å². The smallest absolute Gasteiger partial charge is 0.250 e. The van der Waals surface area contributed by atoms with Crippen LogP contribution in [0.3, 0.4) is 0 Å². The molecule has 0 aliphatic carbocycles. The first-order valence-corrected chi connectivity index (χ1v) is 9.82. The Labute approximate surface area is 170 Å². The van der Waals surface area contributed by atoms with Crippen molar-refractivity contribution in [2.24, 2.45) is 0 Å². The quantitative estimate of drug-likeness (QED) is 0.393. The first kappa shape index (κ1) is 20.5. The lowest BCUT2D eigenvalue weighted by molar-refractivity contribution is -0.148. The molecule has 29 heavy (non-hydrogen) atoms. The molecule has 3 amide bonds. The summed E-state index contributed by atoms with van der Waals surface area (Å²) in [5.41, 5.74) is 1.73. The summed E-state index contributed by atoms with van der Waals surface area (Å²) in [6.07, 6.45) is 6.55. The zero-order valence-corrected chi connectivity index (χ0v) is 16.4. The molecule has 3 rings (SSSR count). The number of hydrogen-bond acceptors (Lipinski definition) is 4. The molecule has 1 fully saturated rings. The number of hydrogen-bond donors (Lipinski definition) is 0. The highest BCUT2D eigenvalue weighted by atomic mass is 16.2. The van der Waals surface area contributed by atoms with E-state index in [9.17, 15) is 14.4 Å². The van der Waals surface area contributed by atoms with Crippen LogP contribution in [0.15, 0.2) is 67.5 Å². The molecular weight excluding hydrogens is 366 g/mol. The molecule has 0 N–H and O–H groups in total. The molecule has 2 aromatic rings. The SMILES string of the molecule is C=CC(=O)N(CCCCN1C(=O)CC(c2ccccc2)CC1=O)c1cccnc1. The van der Waals surface area contributed by atoms with E-state index in [-0.39, 0.29) is 23.6 Å². The molecule has 1 aliphatic heterocycles. The van der Waals surface area contributed by atoms with Crippen molar-refractivity contribution in [1.82, 2.24) is 9.88 Å². The minimum Gasteiger partial charge on any atom is -0.307 e. The summed E-state index contributed by atoms with van der Waals surface area (Å²) in [5.74, 6) is -0.490. The molecule has 150 valence electrons. The highest BCUT2D eigenvalue weighted by molar-refractivity contribution is 6.01. The topological polar surface area (TPSA) is 70.6 Å². The fourth-order valence-corrected chi connectivity index (χ4v) is 3.59. The Kier molecular flexibility index (Phi) is 6.89. The van der Waals surface area contributed by atoms with Gasteiger partial charge in [0.15, 0.2) is 0 Å². The molecule has 1 aromatic heterocycles. The van der Waals surface area contributed by atoms with Crippen LogP contribution in [0.2, 0.25) is 0 Å². The first-order valence-electron chi connectivity index (χ1n) is 9.82. The molecule has 6 heteroatoms. The summed E-state index contributed by atoms with van der Waals surface area (Å²) >= 11 is 0. The number of unbranched alkanes of at least 4 members (excludes halogenated alkanes) is 1. The van der Waals surface area contributed by atoms with Crippen LogP contribution in [0.1, 0.15) is 37.2 Å². The van der Waals surface area contributed by atoms with Gasteiger partial charge in [-0.2, -0.15) is 0 Å². The predicted molar refractivity (Wildman–Crippen MR) is 111 cm³/mol. The van der Waals surface area contributed by atoms with E-state index < -0.39 is 0 Å². The van der Waals surface area contributed by atoms with Gasteiger partial charge in [0.2, 0.25) is 17.7 Å². The highest BCUT2D eigenvalue weighted by Gasteiger charge is 2.32. The highest BCUT2D eigenvalue weighted by Crippen LogP contribution is 2.29. The molecule has 0 atom stereocenters. The summed E-state index contributed by atoms with van der Waals surface area (Å²) in [6, 6.07) is 13.3. The van der Waals surface area contributed by atoms with E-state index in [1.54, 1.807) is 23.4 Å². The molecule has 0 bridgehead atoms. The maximum absolute atomic E-state index is 12.5. The number of nitrogens with zero attached hydrogens (tertiary/aromatic N) is 3. The Morgan fingerprint density at radius 3 is 2.45 bits per heavy atom. The van der Waals surface area contributed by atoms with Gasteiger partial charge in [-0.15, -0.1) is 0 Å². The van der Waals surface area contributed by atoms with E-state index in [1.807, 2.05) is 36.4 Å². The van der Waals surface area contributed by atoms with Crippen molar-refractivity contribution < 1.29 is 14.4 Å². The molecule has 1 saturated heterocycles. The van der Waals surface area contributed by atoms with Gasteiger partial charge in [-0.25, -0.2) is 0 Å². The largest absolute Gasteiger partial charge is 0.307 e. The number of carbonyl (C=O) groups is 3. The van der Waals surface area contributed by atoms with Crippen LogP contribution in [0.25, 0.3) is 0 Å². The summed E-state index contributed by atoms with van der Waals surface area (Å²) in [4.78, 5) is 44.2. The number of anilines is 1. The Bertz CT molecular complexity index is 849. The van der Waals surface area contributed by atoms with Gasteiger partial charge in [-0.05, 0) is 36.6 Å². The van der Waals surface area contributed by atoms with Crippen molar-refractivity contribution in [3.8, 4) is 0 Å². The summed E-state index contributed by atoms with van der Waals surface area (Å²) in [6.45, 7) is 4.40. The summed E-state index contributed by atoms with van der Waals surface area (Å²) < 4.78 is 0. The van der Waals surface area contributed by atoms with Crippen molar-refractivity contribution in [3.05, 3.63) is 73.1 Å². The summed E-state index contributed by atoms with van der Waals surface area (Å²) in [7, 11) is 0. The van der Waals surface area contributed by atoms with Gasteiger partial charge in [0.1, 0.15) is 0 Å². The molecule has 6 nitrogen and oxygen atoms in total. The van der Waals surface area contributed by atoms with Crippen LogP contribution < -0.4 is 4.90 Å². The molecule has 0 radical (unpaired) electrons. The maximum Gasteiger partial charge on any atom is 0.250 e. The fourth-order valence-electron chi connectivity index (χ4n) is 3.59. The van der Waals surface area contributed by atoms with Crippen molar-refractivity contribution in [3.63, 3.8) is 0 Å². The van der Waals surface area contributed by atoms with Gasteiger partial charge < -0.3 is 4.90 Å². The second kappa shape index (κ2) is 9.78. The number of benzene rings is 1. The van der Waals surface area contributed by atoms with Crippen molar-refractivity contribution in [2.75, 3.05) is 18.0 Å². The molecule has 1 aliphatic rings. The van der Waals surface area contributed by atoms with Crippen molar-refractivity contribution >= 4 is 23.4 Å². The molecule has 2 heterocycles. The number of piperidine rings is 1. The van der Waals surface area contributed by atoms with Crippen LogP contribution in [0.4, 0.5) is 5.69 Å². The Morgan fingerprint density at radius 2 is 1.83 bits per heavy atom. The monoisotopic (exact) mass is 391 g/mol. The van der Waals surface area contributed by atoms with Gasteiger partial charge in [-0.3, -0.25) is 24.3 Å². The zero-order valence-electron chi connectivity index (χ0n) is 16.4. The minimum absolute atomic E-state index is 0.0428. The van der Waals surface area contributed by atoms with E-state index in [0.29, 0.717) is 44.5 Å². The van der Waals surface area contributed by atoms with Crippen LogP contribution in [-0.2, 0) is 14.4 Å². The second-order valence-corrected chi connectivity index (χ2v) is 7.07. The lowest BCUT2D eigenvalue weighted by atomic mass is 9.88. The van der Waals surface area contributed by atoms with Gasteiger partial charge in [-0.1, -0.05) is 36.9 Å². The lowest BCUT2D eigenvalue weighted by Crippen LogP contribution is -2.43. The van der Waals surface area contributed by atoms with E-state index in [0.717, 1.165) is 5.56 Å². The van der Waals surface area contributed by atoms with E-state index in [1.165, 1.54) is 11.0 Å². The molecule has 0 spiro atoms. The average Bonchev–Trinajstić information content (AvgIpc) is 2.76. The number of pyridine rings is 1. The van der Waals surface area contributed by atoms with Gasteiger partial charge in [0.05, 0.1) is 11.9 Å². The Morgan fingerprint density at radius 1 is 1.10 bits per heavy atom. The van der Waals surface area contributed by atoms with Crippen LogP contribution >= 0.6 is 0 Å². The molecular formula is C23H25N3O3. The van der Waals surface area contributed by atoms with Gasteiger partial charge in [0.25, 0.3) is 0 Å². The molecule has 1 aromatic carbocycles. The standard InChI is InChI=1S/C23H25N3O3/c1-2-21(27)25(20-11-8-12-24-17-20)13-6-7-14-26-22(28)15-19(16-23(26)29)18-9-4-3-5-10-18/h2-5,8-12,17,19H,1,6-7,13-16H2. The van der Waals surface area contributed by atoms with E-state index in [2.05, 4.69) is 11.6 Å². The number of rotatable bonds is 8. The number of amides is 3. The minimum atomic E-state index is -0.200. The fraction of sp³-hybridized carbons (Fsp3) is 0.304. The third-order valence-electron chi connectivity index (χ3n) is 5.13. The van der Waals surface area contributed by atoms with E-state index >= 15 is 0 Å². The normalized spacial score (nSPS) is 14.7. The number of imide groups is 1. The van der Waals surface area contributed by atoms with Gasteiger partial charge in [0, 0.05) is 38.0 Å². The first-order chi connectivity index (χ1) is 14.1. The number of likely N-dealkylation sites (tertiary alicyclic amines) is 1. The molecule has 0 saturated carbocycles. The average molecular weight is 391 g/mol. The zero-order chi connectivity index (χ0) is 20.6. The predicted octanol–water partition coefficient (Wildman–Crippen LogP) is 3.31. The number of carbonyl (C=O) groups excluding carboxylic acids is 3. The van der Waals surface area contributed by atoms with E-state index in [4.69, 9.17) is 0 Å². The van der Waals surface area contributed by atoms with Crippen molar-refractivity contribution in [2.45, 2.75) is 31.6 Å². The third kappa shape index (κ3) is 5.16. The van der Waals surface area contributed by atoms with Crippen LogP contribution in [-0.4, -0.2) is 40.7 Å². The second-order valence-electron chi connectivity index (χ2n) is 7.07. The van der Waals surface area contributed by atoms with Crippen molar-refractivity contribution in [1.29, 1.82) is 0 Å².